The molecule has 0 heterocycles. The molecule has 0 amide bonds. The van der Waals surface area contributed by atoms with Crippen LogP contribution in [-0.4, -0.2) is 18.2 Å². The van der Waals surface area contributed by atoms with E-state index < -0.39 is 0 Å². The van der Waals surface area contributed by atoms with Crippen LogP contribution >= 0.6 is 0 Å². The first-order valence-electron chi connectivity index (χ1n) is 3.69. The second-order valence-electron chi connectivity index (χ2n) is 1.89. The van der Waals surface area contributed by atoms with Crippen LogP contribution in [0.1, 0.15) is 0 Å². The van der Waals surface area contributed by atoms with E-state index in [9.17, 15) is 0 Å². The molecule has 0 spiro atoms. The van der Waals surface area contributed by atoms with Crippen molar-refractivity contribution in [3.8, 4) is 0 Å². The van der Waals surface area contributed by atoms with Gasteiger partial charge in [0, 0.05) is 21.1 Å². The third-order valence-electron chi connectivity index (χ3n) is 0.964. The van der Waals surface area contributed by atoms with Crippen LogP contribution in [0.25, 0.3) is 0 Å². The maximum atomic E-state index is 7.98. The van der Waals surface area contributed by atoms with Gasteiger partial charge in [-0.05, 0) is 0 Å². The van der Waals surface area contributed by atoms with Crippen molar-refractivity contribution in [2.45, 2.75) is 0 Å². The molecule has 16 heavy (non-hydrogen) atoms. The Kier molecular flexibility index (Phi) is 57.1. The average molecular weight is 651 g/mol. The van der Waals surface area contributed by atoms with E-state index in [4.69, 9.17) is 5.11 Å². The fourth-order valence-electron chi connectivity index (χ4n) is 0.470. The number of aliphatic hydroxyl groups is 1. The average Bonchev–Trinajstić information content (AvgIpc) is 2.18. The largest absolute Gasteiger partial charge is 2.00 e. The quantitative estimate of drug-likeness (QED) is 0.386. The second-order valence-corrected chi connectivity index (χ2v) is 1.89. The fraction of sp³-hybridized carbons (Fsp3) is 0.182. The number of hydrogen-bond donors (Lipinski definition) is 2. The van der Waals surface area contributed by atoms with Gasteiger partial charge < -0.3 is 36.9 Å². The molecule has 0 aliphatic heterocycles. The maximum Gasteiger partial charge on any atom is 2.00 e. The van der Waals surface area contributed by atoms with E-state index in [-0.39, 0.29) is 78.2 Å². The molecule has 5 heteroatoms. The van der Waals surface area contributed by atoms with Crippen molar-refractivity contribution < 1.29 is 75.8 Å². The Hall–Kier alpha value is 1.46. The summed E-state index contributed by atoms with van der Waals surface area (Å²) in [6.45, 7) is 5.74. The first kappa shape index (κ1) is 30.5. The minimum Gasteiger partial charge on any atom is -0.565 e. The Balaban J connectivity index is -0.0000000403. The number of rotatable bonds is 3. The van der Waals surface area contributed by atoms with Gasteiger partial charge in [-0.1, -0.05) is 0 Å². The Labute approximate surface area is 150 Å². The minimum atomic E-state index is 0. The molecule has 0 aromatic heterocycles. The van der Waals surface area contributed by atoms with Crippen LogP contribution in [0.4, 0.5) is 0 Å². The standard InChI is InChI=1S/C6H4.C4H9NO.CH3.U.V.W/c1-2-4-6-5-3-1;1-2-5-3-4-6;;;;/h1-2,5-6H;4-6H,1-3H2;1H3;;;/q2*-2;-1;2*+2;. The zero-order chi connectivity index (χ0) is 9.07. The smallest absolute Gasteiger partial charge is 0.565 e. The van der Waals surface area contributed by atoms with Gasteiger partial charge in [0.25, 0.3) is 0 Å². The van der Waals surface area contributed by atoms with E-state index in [2.05, 4.69) is 24.4 Å². The van der Waals surface area contributed by atoms with Gasteiger partial charge in [0.1, 0.15) is 0 Å². The van der Waals surface area contributed by atoms with Crippen molar-refractivity contribution in [1.29, 1.82) is 0 Å². The first-order chi connectivity index (χ1) is 5.91. The van der Waals surface area contributed by atoms with Crippen LogP contribution in [0.3, 0.4) is 0 Å². The van der Waals surface area contributed by atoms with Crippen LogP contribution in [0.5, 0.6) is 0 Å². The number of benzene rings is 1. The molecule has 0 aliphatic carbocycles. The molecule has 1 aromatic rings. The number of aliphatic hydroxyl groups excluding tert-OH is 1. The molecule has 0 atom stereocenters. The second kappa shape index (κ2) is 30.0. The Morgan fingerprint density at radius 2 is 1.56 bits per heavy atom. The summed E-state index contributed by atoms with van der Waals surface area (Å²) in [6, 6.07) is 13.0. The van der Waals surface area contributed by atoms with Crippen LogP contribution in [0, 0.1) is 64.2 Å². The van der Waals surface area contributed by atoms with Gasteiger partial charge in [0.15, 0.2) is 0 Å². The van der Waals surface area contributed by atoms with E-state index in [1.54, 1.807) is 0 Å². The zero-order valence-electron chi connectivity index (χ0n) is 9.31. The zero-order valence-corrected chi connectivity index (χ0v) is 17.8. The Bertz CT molecular complexity index is 139. The summed E-state index contributed by atoms with van der Waals surface area (Å²) in [4.78, 5) is 0. The van der Waals surface area contributed by atoms with E-state index >= 15 is 0 Å². The molecule has 0 aliphatic rings. The molecule has 0 saturated carbocycles. The molecule has 0 bridgehead atoms. The van der Waals surface area contributed by atoms with E-state index in [1.807, 2.05) is 24.3 Å². The molecule has 1 radical (unpaired) electrons. The third kappa shape index (κ3) is 29.5. The van der Waals surface area contributed by atoms with Crippen molar-refractivity contribution in [1.82, 2.24) is 5.32 Å². The normalized spacial score (nSPS) is 6.38. The van der Waals surface area contributed by atoms with Crippen LogP contribution in [0.15, 0.2) is 24.3 Å². The summed E-state index contributed by atoms with van der Waals surface area (Å²) in [5.74, 6) is 0. The molecular weight excluding hydrogens is 635 g/mol. The van der Waals surface area contributed by atoms with Gasteiger partial charge >= 0.3 is 49.7 Å². The van der Waals surface area contributed by atoms with Gasteiger partial charge in [0.05, 0.1) is 0 Å². The summed E-state index contributed by atoms with van der Waals surface area (Å²) in [7, 11) is 0. The summed E-state index contributed by atoms with van der Waals surface area (Å²) in [6.07, 6.45) is 0. The van der Waals surface area contributed by atoms with Gasteiger partial charge in [-0.15, -0.1) is 13.1 Å². The summed E-state index contributed by atoms with van der Waals surface area (Å²) in [5.41, 5.74) is 0. The van der Waals surface area contributed by atoms with Crippen molar-refractivity contribution in [2.24, 2.45) is 0 Å². The SMILES string of the molecule is [CH2-]CNC[CH-]O.[CH3-].[U+2].[V+2].[W].[c-]1cc[c-]cc1. The predicted octanol–water partition coefficient (Wildman–Crippen LogP) is 1.68. The van der Waals surface area contributed by atoms with E-state index in [0.717, 1.165) is 6.61 Å². The molecule has 2 nitrogen and oxygen atoms in total. The number of hydrogen-bond acceptors (Lipinski definition) is 2. The molecule has 0 unspecified atom stereocenters. The first-order valence-corrected chi connectivity index (χ1v) is 3.69. The summed E-state index contributed by atoms with van der Waals surface area (Å²) in [5, 5.41) is 10.8. The van der Waals surface area contributed by atoms with Gasteiger partial charge in [-0.3, -0.25) is 24.3 Å². The van der Waals surface area contributed by atoms with Crippen molar-refractivity contribution in [3.05, 3.63) is 57.4 Å². The van der Waals surface area contributed by atoms with Crippen LogP contribution in [0.2, 0.25) is 0 Å². The Morgan fingerprint density at radius 3 is 1.69 bits per heavy atom. The third-order valence-corrected chi connectivity index (χ3v) is 0.964. The summed E-state index contributed by atoms with van der Waals surface area (Å²) < 4.78 is 0. The number of nitrogens with one attached hydrogen (secondary N) is 1. The van der Waals surface area contributed by atoms with Crippen molar-refractivity contribution >= 4 is 0 Å². The van der Waals surface area contributed by atoms with Crippen molar-refractivity contribution in [3.63, 3.8) is 0 Å². The van der Waals surface area contributed by atoms with E-state index in [1.165, 1.54) is 0 Å². The monoisotopic (exact) mass is 651 g/mol. The molecule has 0 fully saturated rings. The van der Waals surface area contributed by atoms with Crippen LogP contribution in [-0.2, 0) is 39.6 Å². The summed E-state index contributed by atoms with van der Waals surface area (Å²) >= 11 is 0. The fourth-order valence-corrected chi connectivity index (χ4v) is 0.470. The predicted molar refractivity (Wildman–Crippen MR) is 55.0 cm³/mol. The van der Waals surface area contributed by atoms with Crippen molar-refractivity contribution in [2.75, 3.05) is 13.1 Å². The van der Waals surface area contributed by atoms with Gasteiger partial charge in [0.2, 0.25) is 0 Å². The maximum absolute atomic E-state index is 7.98. The molecule has 87 valence electrons. The Morgan fingerprint density at radius 1 is 1.19 bits per heavy atom. The molecule has 1 rings (SSSR count). The molecule has 1 aromatic carbocycles. The van der Waals surface area contributed by atoms with Gasteiger partial charge in [-0.2, -0.15) is 0 Å². The van der Waals surface area contributed by atoms with E-state index in [0.29, 0.717) is 13.1 Å². The minimum absolute atomic E-state index is 0. The molecule has 2 N–H and O–H groups in total. The molecular formula is C11H16NOUVW-. The molecule has 0 saturated heterocycles. The topological polar surface area (TPSA) is 32.3 Å². The van der Waals surface area contributed by atoms with Gasteiger partial charge in [-0.25, -0.2) is 6.61 Å². The van der Waals surface area contributed by atoms with Crippen LogP contribution < -0.4 is 5.32 Å².